The molecule has 0 aromatic heterocycles. The molecule has 0 atom stereocenters. The zero-order valence-corrected chi connectivity index (χ0v) is 31.9. The van der Waals surface area contributed by atoms with E-state index in [2.05, 4.69) is 4.74 Å². The summed E-state index contributed by atoms with van der Waals surface area (Å²) in [7, 11) is 0. The molecular weight excluding hydrogens is 776 g/mol. The van der Waals surface area contributed by atoms with Gasteiger partial charge in [0.2, 0.25) is 0 Å². The van der Waals surface area contributed by atoms with Gasteiger partial charge in [-0.3, -0.25) is 4.79 Å². The van der Waals surface area contributed by atoms with Gasteiger partial charge in [0.15, 0.2) is 0 Å². The SMILES string of the molecule is CC(=O)OCCOC(=O)c1ccc(C(=O)OCCOC(=O)c2ccc(C(=O)OCCO)cc2)cc1.Cc1ccc(C(=O)OCCOC(=O)c2ccc(C(=O)O)cc2)cc1. The van der Waals surface area contributed by atoms with Crippen molar-refractivity contribution in [2.24, 2.45) is 0 Å². The van der Waals surface area contributed by atoms with E-state index < -0.39 is 47.8 Å². The number of hydrogen-bond acceptors (Lipinski definition) is 16. The molecule has 0 aliphatic rings. The van der Waals surface area contributed by atoms with Crippen molar-refractivity contribution in [2.45, 2.75) is 13.8 Å². The lowest BCUT2D eigenvalue weighted by Crippen LogP contribution is -2.15. The van der Waals surface area contributed by atoms with Gasteiger partial charge in [0.05, 0.1) is 45.6 Å². The molecule has 0 unspecified atom stereocenters. The summed E-state index contributed by atoms with van der Waals surface area (Å²) >= 11 is 0. The molecule has 2 N–H and O–H groups in total. The minimum atomic E-state index is -1.07. The summed E-state index contributed by atoms with van der Waals surface area (Å²) in [5.74, 6) is -5.27. The van der Waals surface area contributed by atoms with E-state index in [-0.39, 0.29) is 86.2 Å². The Balaban J connectivity index is 0.000000338. The molecule has 0 saturated heterocycles. The Morgan fingerprint density at radius 1 is 0.373 bits per heavy atom. The van der Waals surface area contributed by atoms with E-state index in [0.717, 1.165) is 5.56 Å². The summed E-state index contributed by atoms with van der Waals surface area (Å²) in [4.78, 5) is 92.6. The number of ether oxygens (including phenoxy) is 7. The molecule has 0 saturated carbocycles. The van der Waals surface area contributed by atoms with Crippen molar-refractivity contribution in [1.82, 2.24) is 0 Å². The van der Waals surface area contributed by atoms with Crippen molar-refractivity contribution in [2.75, 3.05) is 52.9 Å². The van der Waals surface area contributed by atoms with Crippen molar-refractivity contribution in [3.63, 3.8) is 0 Å². The molecule has 17 nitrogen and oxygen atoms in total. The van der Waals surface area contributed by atoms with Crippen LogP contribution in [0.5, 0.6) is 0 Å². The monoisotopic (exact) mass is 816 g/mol. The first-order chi connectivity index (χ1) is 28.3. The fourth-order valence-corrected chi connectivity index (χ4v) is 4.42. The predicted octanol–water partition coefficient (Wildman–Crippen LogP) is 4.28. The van der Waals surface area contributed by atoms with Gasteiger partial charge in [0, 0.05) is 6.92 Å². The standard InChI is InChI=1S/C24H24O11.C18H16O6/c1-16(26)31-12-13-33-22(28)18-6-8-20(9-7-18)24(30)35-15-14-34-23(29)19-4-2-17(3-5-19)21(27)32-11-10-25;1-12-2-4-14(5-3-12)17(21)23-10-11-24-18(22)15-8-6-13(7-9-15)16(19)20/h2-9,25H,10-15H2,1H3;2-9H,10-11H2,1H3,(H,19,20). The first kappa shape index (κ1) is 46.0. The number of aliphatic hydroxyl groups is 1. The molecule has 0 fully saturated rings. The number of aliphatic hydroxyl groups excluding tert-OH is 1. The Bertz CT molecular complexity index is 2050. The van der Waals surface area contributed by atoms with Crippen LogP contribution in [0.4, 0.5) is 0 Å². The number of carboxylic acids is 1. The summed E-state index contributed by atoms with van der Waals surface area (Å²) in [5.41, 5.74) is 2.55. The van der Waals surface area contributed by atoms with E-state index in [1.54, 1.807) is 24.3 Å². The smallest absolute Gasteiger partial charge is 0.338 e. The normalized spacial score (nSPS) is 10.1. The third-order valence-corrected chi connectivity index (χ3v) is 7.41. The van der Waals surface area contributed by atoms with E-state index in [9.17, 15) is 38.4 Å². The molecule has 0 radical (unpaired) electrons. The average Bonchev–Trinajstić information content (AvgIpc) is 3.24. The molecule has 4 rings (SSSR count). The van der Waals surface area contributed by atoms with Crippen molar-refractivity contribution in [3.05, 3.63) is 142 Å². The lowest BCUT2D eigenvalue weighted by Gasteiger charge is -2.08. The number of esters is 7. The number of rotatable bonds is 18. The predicted molar refractivity (Wildman–Crippen MR) is 203 cm³/mol. The van der Waals surface area contributed by atoms with Crippen LogP contribution in [-0.4, -0.2) is 111 Å². The largest absolute Gasteiger partial charge is 0.478 e. The third kappa shape index (κ3) is 16.3. The highest BCUT2D eigenvalue weighted by Gasteiger charge is 2.14. The zero-order chi connectivity index (χ0) is 43.2. The van der Waals surface area contributed by atoms with E-state index in [1.807, 2.05) is 6.92 Å². The van der Waals surface area contributed by atoms with Crippen molar-refractivity contribution in [3.8, 4) is 0 Å². The van der Waals surface area contributed by atoms with Crippen molar-refractivity contribution < 1.29 is 81.7 Å². The Morgan fingerprint density at radius 2 is 0.593 bits per heavy atom. The molecule has 59 heavy (non-hydrogen) atoms. The maximum absolute atomic E-state index is 12.1. The molecule has 4 aromatic rings. The molecule has 0 heterocycles. The van der Waals surface area contributed by atoms with Crippen LogP contribution in [0, 0.1) is 6.92 Å². The van der Waals surface area contributed by atoms with Gasteiger partial charge >= 0.3 is 47.8 Å². The fourth-order valence-electron chi connectivity index (χ4n) is 4.42. The van der Waals surface area contributed by atoms with Crippen LogP contribution in [0.25, 0.3) is 0 Å². The lowest BCUT2D eigenvalue weighted by atomic mass is 10.1. The minimum absolute atomic E-state index is 0.0541. The molecule has 4 aromatic carbocycles. The Hall–Kier alpha value is -7.40. The molecule has 310 valence electrons. The van der Waals surface area contributed by atoms with E-state index in [4.69, 9.17) is 38.6 Å². The molecule has 0 bridgehead atoms. The lowest BCUT2D eigenvalue weighted by molar-refractivity contribution is -0.142. The Kier molecular flexibility index (Phi) is 18.9. The molecule has 17 heteroatoms. The highest BCUT2D eigenvalue weighted by atomic mass is 16.6. The van der Waals surface area contributed by atoms with Gasteiger partial charge in [-0.25, -0.2) is 33.6 Å². The van der Waals surface area contributed by atoms with Crippen molar-refractivity contribution >= 4 is 47.8 Å². The van der Waals surface area contributed by atoms with E-state index in [0.29, 0.717) is 5.56 Å². The van der Waals surface area contributed by atoms with Crippen LogP contribution >= 0.6 is 0 Å². The Labute approximate surface area is 337 Å². The van der Waals surface area contributed by atoms with Gasteiger partial charge < -0.3 is 43.4 Å². The van der Waals surface area contributed by atoms with Crippen LogP contribution in [0.1, 0.15) is 85.0 Å². The number of aryl methyl sites for hydroxylation is 1. The summed E-state index contributed by atoms with van der Waals surface area (Å²) in [6.07, 6.45) is 0. The molecule has 0 aliphatic heterocycles. The highest BCUT2D eigenvalue weighted by Crippen LogP contribution is 2.11. The Morgan fingerprint density at radius 3 is 0.831 bits per heavy atom. The highest BCUT2D eigenvalue weighted by molar-refractivity contribution is 5.95. The van der Waals surface area contributed by atoms with E-state index >= 15 is 0 Å². The summed E-state index contributed by atoms with van der Waals surface area (Å²) in [6.45, 7) is 2.04. The number of benzene rings is 4. The zero-order valence-electron chi connectivity index (χ0n) is 31.9. The van der Waals surface area contributed by atoms with Gasteiger partial charge in [0.25, 0.3) is 0 Å². The van der Waals surface area contributed by atoms with Gasteiger partial charge in [-0.15, -0.1) is 0 Å². The molecular formula is C42H40O17. The van der Waals surface area contributed by atoms with Crippen LogP contribution in [-0.2, 0) is 38.0 Å². The summed E-state index contributed by atoms with van der Waals surface area (Å²) < 4.78 is 34.4. The number of hydrogen-bond donors (Lipinski definition) is 2. The number of carbonyl (C=O) groups excluding carboxylic acids is 7. The number of aromatic carboxylic acids is 1. The quantitative estimate of drug-likeness (QED) is 0.0809. The maximum Gasteiger partial charge on any atom is 0.338 e. The van der Waals surface area contributed by atoms with Crippen molar-refractivity contribution in [1.29, 1.82) is 0 Å². The first-order valence-corrected chi connectivity index (χ1v) is 17.7. The summed E-state index contributed by atoms with van der Waals surface area (Å²) in [6, 6.07) is 23.3. The average molecular weight is 817 g/mol. The topological polar surface area (TPSA) is 242 Å². The fraction of sp³-hybridized carbons (Fsp3) is 0.238. The number of carboxylic acid groups (broad SMARTS) is 1. The second kappa shape index (κ2) is 24.3. The van der Waals surface area contributed by atoms with Gasteiger partial charge in [-0.05, 0) is 91.9 Å². The van der Waals surface area contributed by atoms with Gasteiger partial charge in [-0.1, -0.05) is 17.7 Å². The molecule has 0 amide bonds. The van der Waals surface area contributed by atoms with Gasteiger partial charge in [0.1, 0.15) is 46.2 Å². The maximum atomic E-state index is 12.1. The summed E-state index contributed by atoms with van der Waals surface area (Å²) in [5, 5.41) is 17.4. The minimum Gasteiger partial charge on any atom is -0.478 e. The second-order valence-electron chi connectivity index (χ2n) is 11.8. The third-order valence-electron chi connectivity index (χ3n) is 7.41. The van der Waals surface area contributed by atoms with Crippen LogP contribution < -0.4 is 0 Å². The van der Waals surface area contributed by atoms with Crippen LogP contribution in [0.3, 0.4) is 0 Å². The first-order valence-electron chi connectivity index (χ1n) is 17.7. The van der Waals surface area contributed by atoms with Gasteiger partial charge in [-0.2, -0.15) is 0 Å². The molecule has 0 aliphatic carbocycles. The number of carbonyl (C=O) groups is 8. The second-order valence-corrected chi connectivity index (χ2v) is 11.8. The van der Waals surface area contributed by atoms with E-state index in [1.165, 1.54) is 79.7 Å². The molecule has 0 spiro atoms. The van der Waals surface area contributed by atoms with Crippen LogP contribution in [0.15, 0.2) is 97.1 Å². The van der Waals surface area contributed by atoms with Crippen LogP contribution in [0.2, 0.25) is 0 Å².